The molecule has 0 bridgehead atoms. The van der Waals surface area contributed by atoms with Gasteiger partial charge in [0.1, 0.15) is 5.75 Å². The van der Waals surface area contributed by atoms with Crippen LogP contribution in [0.5, 0.6) is 5.75 Å². The van der Waals surface area contributed by atoms with Crippen LogP contribution in [0.25, 0.3) is 0 Å². The molecule has 0 aliphatic heterocycles. The monoisotopic (exact) mass is 402 g/mol. The summed E-state index contributed by atoms with van der Waals surface area (Å²) in [6.07, 6.45) is 0. The van der Waals surface area contributed by atoms with E-state index in [-0.39, 0.29) is 11.8 Å². The average molecular weight is 402 g/mol. The van der Waals surface area contributed by atoms with Crippen molar-refractivity contribution >= 4 is 17.5 Å². The molecule has 3 aromatic rings. The summed E-state index contributed by atoms with van der Waals surface area (Å²) in [5.74, 6) is 0.624. The predicted octanol–water partition coefficient (Wildman–Crippen LogP) is 4.90. The van der Waals surface area contributed by atoms with E-state index in [1.807, 2.05) is 30.3 Å². The van der Waals surface area contributed by atoms with Gasteiger partial charge in [-0.05, 0) is 47.9 Å². The second kappa shape index (κ2) is 10.3. The molecule has 0 atom stereocenters. The Bertz CT molecular complexity index is 983. The van der Waals surface area contributed by atoms with E-state index in [2.05, 4.69) is 24.5 Å². The van der Waals surface area contributed by atoms with Crippen molar-refractivity contribution in [3.8, 4) is 5.75 Å². The minimum absolute atomic E-state index is 0.243. The van der Waals surface area contributed by atoms with Crippen LogP contribution >= 0.6 is 0 Å². The number of ether oxygens (including phenoxy) is 1. The number of hydrogen-bond donors (Lipinski definition) is 2. The number of nitrogens with one attached hydrogen (secondary N) is 2. The molecule has 2 N–H and O–H groups in total. The lowest BCUT2D eigenvalue weighted by atomic mass is 10.1. The van der Waals surface area contributed by atoms with Crippen LogP contribution in [0.3, 0.4) is 0 Å². The molecule has 5 heteroatoms. The van der Waals surface area contributed by atoms with Gasteiger partial charge in [-0.15, -0.1) is 0 Å². The van der Waals surface area contributed by atoms with E-state index in [0.29, 0.717) is 35.9 Å². The maximum Gasteiger partial charge on any atom is 0.255 e. The van der Waals surface area contributed by atoms with Gasteiger partial charge < -0.3 is 15.4 Å². The molecule has 0 fully saturated rings. The SMILES string of the molecule is CC(C)COc1ccc(C(=O)Nc2ccccc2C(=O)NCc2ccccc2)cc1. The fourth-order valence-corrected chi connectivity index (χ4v) is 2.82. The molecule has 154 valence electrons. The van der Waals surface area contributed by atoms with Crippen molar-refractivity contribution in [2.45, 2.75) is 20.4 Å². The summed E-state index contributed by atoms with van der Waals surface area (Å²) in [4.78, 5) is 25.3. The molecule has 0 heterocycles. The third-order valence-corrected chi connectivity index (χ3v) is 4.42. The minimum Gasteiger partial charge on any atom is -0.493 e. The number of anilines is 1. The third-order valence-electron chi connectivity index (χ3n) is 4.42. The van der Waals surface area contributed by atoms with Crippen LogP contribution in [0.2, 0.25) is 0 Å². The van der Waals surface area contributed by atoms with Crippen molar-refractivity contribution in [2.24, 2.45) is 5.92 Å². The number of hydrogen-bond acceptors (Lipinski definition) is 3. The highest BCUT2D eigenvalue weighted by Gasteiger charge is 2.14. The van der Waals surface area contributed by atoms with Crippen LogP contribution in [0.4, 0.5) is 5.69 Å². The topological polar surface area (TPSA) is 67.4 Å². The summed E-state index contributed by atoms with van der Waals surface area (Å²) in [6, 6.07) is 23.6. The van der Waals surface area contributed by atoms with Crippen LogP contribution in [-0.4, -0.2) is 18.4 Å². The first-order valence-electron chi connectivity index (χ1n) is 9.98. The Morgan fingerprint density at radius 1 is 0.833 bits per heavy atom. The van der Waals surface area contributed by atoms with Gasteiger partial charge in [0, 0.05) is 12.1 Å². The summed E-state index contributed by atoms with van der Waals surface area (Å²) < 4.78 is 5.65. The first kappa shape index (κ1) is 21.1. The van der Waals surface area contributed by atoms with Crippen molar-refractivity contribution in [1.29, 1.82) is 0 Å². The average Bonchev–Trinajstić information content (AvgIpc) is 2.77. The smallest absolute Gasteiger partial charge is 0.255 e. The second-order valence-electron chi connectivity index (χ2n) is 7.40. The number of para-hydroxylation sites is 1. The second-order valence-corrected chi connectivity index (χ2v) is 7.40. The highest BCUT2D eigenvalue weighted by atomic mass is 16.5. The molecule has 30 heavy (non-hydrogen) atoms. The van der Waals surface area contributed by atoms with E-state index in [1.165, 1.54) is 0 Å². The fraction of sp³-hybridized carbons (Fsp3) is 0.200. The Balaban J connectivity index is 1.65. The van der Waals surface area contributed by atoms with Crippen molar-refractivity contribution in [1.82, 2.24) is 5.32 Å². The summed E-state index contributed by atoms with van der Waals surface area (Å²) in [7, 11) is 0. The Labute approximate surface area is 177 Å². The zero-order valence-corrected chi connectivity index (χ0v) is 17.2. The first-order valence-corrected chi connectivity index (χ1v) is 9.98. The molecule has 0 unspecified atom stereocenters. The zero-order valence-electron chi connectivity index (χ0n) is 17.2. The van der Waals surface area contributed by atoms with Crippen molar-refractivity contribution in [2.75, 3.05) is 11.9 Å². The Hall–Kier alpha value is -3.60. The van der Waals surface area contributed by atoms with E-state index >= 15 is 0 Å². The summed E-state index contributed by atoms with van der Waals surface area (Å²) in [5.41, 5.74) is 2.38. The van der Waals surface area contributed by atoms with Crippen molar-refractivity contribution < 1.29 is 14.3 Å². The van der Waals surface area contributed by atoms with Crippen LogP contribution in [-0.2, 0) is 6.54 Å². The highest BCUT2D eigenvalue weighted by molar-refractivity contribution is 6.09. The van der Waals surface area contributed by atoms with Gasteiger partial charge in [-0.25, -0.2) is 0 Å². The lowest BCUT2D eigenvalue weighted by Gasteiger charge is -2.12. The van der Waals surface area contributed by atoms with Crippen molar-refractivity contribution in [3.05, 3.63) is 95.6 Å². The normalized spacial score (nSPS) is 10.5. The molecule has 0 aliphatic rings. The molecule has 2 amide bonds. The highest BCUT2D eigenvalue weighted by Crippen LogP contribution is 2.18. The number of benzene rings is 3. The molecule has 3 rings (SSSR count). The van der Waals surface area contributed by atoms with E-state index in [0.717, 1.165) is 11.3 Å². The van der Waals surface area contributed by atoms with E-state index in [4.69, 9.17) is 4.74 Å². The number of amides is 2. The first-order chi connectivity index (χ1) is 14.5. The lowest BCUT2D eigenvalue weighted by molar-refractivity contribution is 0.0952. The van der Waals surface area contributed by atoms with Crippen LogP contribution in [0, 0.1) is 5.92 Å². The zero-order chi connectivity index (χ0) is 21.3. The van der Waals surface area contributed by atoms with E-state index < -0.39 is 0 Å². The molecule has 0 aliphatic carbocycles. The lowest BCUT2D eigenvalue weighted by Crippen LogP contribution is -2.24. The summed E-state index contributed by atoms with van der Waals surface area (Å²) >= 11 is 0. The van der Waals surface area contributed by atoms with E-state index in [9.17, 15) is 9.59 Å². The van der Waals surface area contributed by atoms with Gasteiger partial charge in [-0.2, -0.15) is 0 Å². The number of carbonyl (C=O) groups excluding carboxylic acids is 2. The van der Waals surface area contributed by atoms with Crippen molar-refractivity contribution in [3.63, 3.8) is 0 Å². The van der Waals surface area contributed by atoms with Gasteiger partial charge in [0.2, 0.25) is 0 Å². The van der Waals surface area contributed by atoms with Crippen LogP contribution < -0.4 is 15.4 Å². The molecule has 0 aromatic heterocycles. The molecular formula is C25H26N2O3. The molecule has 0 saturated carbocycles. The maximum absolute atomic E-state index is 12.7. The summed E-state index contributed by atoms with van der Waals surface area (Å²) in [5, 5.41) is 5.73. The number of rotatable bonds is 8. The van der Waals surface area contributed by atoms with Gasteiger partial charge in [-0.3, -0.25) is 9.59 Å². The van der Waals surface area contributed by atoms with Crippen LogP contribution in [0.15, 0.2) is 78.9 Å². The van der Waals surface area contributed by atoms with Gasteiger partial charge in [0.15, 0.2) is 0 Å². The molecule has 5 nitrogen and oxygen atoms in total. The Morgan fingerprint density at radius 2 is 1.50 bits per heavy atom. The molecule has 0 saturated heterocycles. The van der Waals surface area contributed by atoms with E-state index in [1.54, 1.807) is 48.5 Å². The quantitative estimate of drug-likeness (QED) is 0.563. The maximum atomic E-state index is 12.7. The Kier molecular flexibility index (Phi) is 7.22. The van der Waals surface area contributed by atoms with Gasteiger partial charge in [-0.1, -0.05) is 56.3 Å². The molecule has 3 aromatic carbocycles. The molecule has 0 radical (unpaired) electrons. The van der Waals surface area contributed by atoms with Gasteiger partial charge in [0.25, 0.3) is 11.8 Å². The molecule has 0 spiro atoms. The predicted molar refractivity (Wildman–Crippen MR) is 119 cm³/mol. The number of carbonyl (C=O) groups is 2. The standard InChI is InChI=1S/C25H26N2O3/c1-18(2)17-30-21-14-12-20(13-15-21)24(28)27-23-11-7-6-10-22(23)25(29)26-16-19-8-4-3-5-9-19/h3-15,18H,16-17H2,1-2H3,(H,26,29)(H,27,28). The summed E-state index contributed by atoms with van der Waals surface area (Å²) in [6.45, 7) is 5.20. The fourth-order valence-electron chi connectivity index (χ4n) is 2.82. The molecular weight excluding hydrogens is 376 g/mol. The largest absolute Gasteiger partial charge is 0.493 e. The van der Waals surface area contributed by atoms with Gasteiger partial charge >= 0.3 is 0 Å². The minimum atomic E-state index is -0.284. The van der Waals surface area contributed by atoms with Gasteiger partial charge in [0.05, 0.1) is 17.9 Å². The third kappa shape index (κ3) is 5.95. The Morgan fingerprint density at radius 3 is 2.20 bits per heavy atom. The van der Waals surface area contributed by atoms with Crippen LogP contribution in [0.1, 0.15) is 40.1 Å².